The number of hydrogen-bond acceptors (Lipinski definition) is 4. The molecule has 2 bridgehead atoms. The summed E-state index contributed by atoms with van der Waals surface area (Å²) in [5.41, 5.74) is 6.66. The van der Waals surface area contributed by atoms with Gasteiger partial charge in [-0.05, 0) is 52.9 Å². The van der Waals surface area contributed by atoms with Gasteiger partial charge in [-0.2, -0.15) is 10.1 Å². The van der Waals surface area contributed by atoms with E-state index in [4.69, 9.17) is 4.42 Å². The highest BCUT2D eigenvalue weighted by Gasteiger charge is 2.61. The lowest BCUT2D eigenvalue weighted by atomic mass is 9.55. The van der Waals surface area contributed by atoms with Gasteiger partial charge < -0.3 is 4.42 Å². The molecule has 2 atom stereocenters. The van der Waals surface area contributed by atoms with Gasteiger partial charge in [-0.1, -0.05) is 76.6 Å². The summed E-state index contributed by atoms with van der Waals surface area (Å²) in [6.07, 6.45) is 1.46. The zero-order valence-electron chi connectivity index (χ0n) is 19.4. The van der Waals surface area contributed by atoms with Crippen molar-refractivity contribution in [1.82, 2.24) is 5.01 Å². The Morgan fingerprint density at radius 2 is 1.36 bits per heavy atom. The van der Waals surface area contributed by atoms with E-state index in [1.54, 1.807) is 6.07 Å². The van der Waals surface area contributed by atoms with Crippen LogP contribution in [0.2, 0.25) is 0 Å². The Morgan fingerprint density at radius 1 is 0.806 bits per heavy atom. The van der Waals surface area contributed by atoms with Gasteiger partial charge >= 0.3 is 0 Å². The van der Waals surface area contributed by atoms with Gasteiger partial charge in [-0.25, -0.2) is 0 Å². The normalized spacial score (nSPS) is 23.8. The van der Waals surface area contributed by atoms with E-state index in [0.717, 1.165) is 42.9 Å². The molecule has 2 heterocycles. The summed E-state index contributed by atoms with van der Waals surface area (Å²) in [5.74, 6) is -0.480. The van der Waals surface area contributed by atoms with Crippen LogP contribution in [0.5, 0.6) is 0 Å². The van der Waals surface area contributed by atoms with Crippen molar-refractivity contribution in [3.05, 3.63) is 117 Å². The first-order chi connectivity index (χ1) is 17.5. The van der Waals surface area contributed by atoms with Gasteiger partial charge in [0.1, 0.15) is 11.5 Å². The van der Waals surface area contributed by atoms with Gasteiger partial charge in [-0.3, -0.25) is 9.59 Å². The highest BCUT2D eigenvalue weighted by atomic mass is 79.9. The minimum absolute atomic E-state index is 0.140. The van der Waals surface area contributed by atoms with Crippen molar-refractivity contribution >= 4 is 34.0 Å². The number of benzene rings is 3. The second-order valence-corrected chi connectivity index (χ2v) is 10.5. The summed E-state index contributed by atoms with van der Waals surface area (Å²) >= 11 is 3.56. The molecule has 36 heavy (non-hydrogen) atoms. The molecule has 1 aliphatic heterocycles. The maximum Gasteiger partial charge on any atom is 0.254 e. The van der Waals surface area contributed by atoms with E-state index in [2.05, 4.69) is 45.3 Å². The number of rotatable bonds is 3. The number of amides is 2. The van der Waals surface area contributed by atoms with Crippen LogP contribution >= 0.6 is 15.9 Å². The number of hydrazone groups is 1. The third-order valence-electron chi connectivity index (χ3n) is 7.81. The van der Waals surface area contributed by atoms with Gasteiger partial charge in [0.2, 0.25) is 0 Å². The van der Waals surface area contributed by atoms with Crippen molar-refractivity contribution in [1.29, 1.82) is 0 Å². The lowest BCUT2D eigenvalue weighted by Crippen LogP contribution is -2.41. The Morgan fingerprint density at radius 3 is 1.89 bits per heavy atom. The molecule has 2 amide bonds. The van der Waals surface area contributed by atoms with Crippen molar-refractivity contribution in [2.24, 2.45) is 16.9 Å². The first kappa shape index (κ1) is 21.5. The molecule has 0 N–H and O–H groups in total. The molecule has 5 nitrogen and oxygen atoms in total. The highest BCUT2D eigenvalue weighted by molar-refractivity contribution is 9.10. The number of imide groups is 1. The molecule has 1 aromatic heterocycles. The fraction of sp³-hybridized carbons (Fsp3) is 0.167. The summed E-state index contributed by atoms with van der Waals surface area (Å²) in [6.45, 7) is 2.03. The van der Waals surface area contributed by atoms with Gasteiger partial charge in [0, 0.05) is 21.9 Å². The van der Waals surface area contributed by atoms with Crippen molar-refractivity contribution in [2.75, 3.05) is 0 Å². The third kappa shape index (κ3) is 2.97. The largest absolute Gasteiger partial charge is 0.455 e. The minimum atomic E-state index is -0.443. The molecule has 3 aromatic carbocycles. The van der Waals surface area contributed by atoms with Crippen LogP contribution < -0.4 is 0 Å². The number of carbonyl (C=O) groups is 2. The Kier molecular flexibility index (Phi) is 4.70. The summed E-state index contributed by atoms with van der Waals surface area (Å²) in [5, 5.41) is 5.41. The zero-order chi connectivity index (χ0) is 24.6. The SMILES string of the molecule is Cc1ccc(-c2ccc(/C=N\N3C(=O)[C@H]4C5c6ccccc6C(c6ccccc65)[C@@H]4C3=O)o2)cc1Br. The van der Waals surface area contributed by atoms with E-state index in [1.807, 2.05) is 55.5 Å². The van der Waals surface area contributed by atoms with Crippen molar-refractivity contribution in [3.8, 4) is 11.3 Å². The van der Waals surface area contributed by atoms with E-state index in [0.29, 0.717) is 11.5 Å². The smallest absolute Gasteiger partial charge is 0.254 e. The number of aryl methyl sites for hydroxylation is 1. The van der Waals surface area contributed by atoms with Crippen LogP contribution in [0, 0.1) is 18.8 Å². The molecule has 8 rings (SSSR count). The van der Waals surface area contributed by atoms with E-state index >= 15 is 0 Å². The molecule has 3 aliphatic carbocycles. The number of furan rings is 1. The van der Waals surface area contributed by atoms with Crippen LogP contribution in [0.3, 0.4) is 0 Å². The summed E-state index contributed by atoms with van der Waals surface area (Å²) < 4.78 is 6.95. The third-order valence-corrected chi connectivity index (χ3v) is 8.66. The Balaban J connectivity index is 1.23. The Hall–Kier alpha value is -3.77. The minimum Gasteiger partial charge on any atom is -0.455 e. The summed E-state index contributed by atoms with van der Waals surface area (Å²) in [4.78, 5) is 27.3. The first-order valence-corrected chi connectivity index (χ1v) is 12.8. The van der Waals surface area contributed by atoms with E-state index in [1.165, 1.54) is 6.21 Å². The maximum atomic E-state index is 13.6. The zero-order valence-corrected chi connectivity index (χ0v) is 21.0. The average molecular weight is 537 g/mol. The topological polar surface area (TPSA) is 62.9 Å². The number of nitrogens with zero attached hydrogens (tertiary/aromatic N) is 2. The second kappa shape index (κ2) is 7.87. The number of hydrogen-bond donors (Lipinski definition) is 0. The van der Waals surface area contributed by atoms with Crippen molar-refractivity contribution < 1.29 is 14.0 Å². The molecule has 4 aromatic rings. The second-order valence-electron chi connectivity index (χ2n) is 9.66. The van der Waals surface area contributed by atoms with E-state index in [9.17, 15) is 9.59 Å². The Bertz CT molecular complexity index is 1490. The van der Waals surface area contributed by atoms with Crippen molar-refractivity contribution in [2.45, 2.75) is 18.8 Å². The fourth-order valence-corrected chi connectivity index (χ4v) is 6.59. The molecule has 6 heteroatoms. The predicted octanol–water partition coefficient (Wildman–Crippen LogP) is 6.24. The van der Waals surface area contributed by atoms with Crippen molar-refractivity contribution in [3.63, 3.8) is 0 Å². The molecule has 1 fully saturated rings. The highest BCUT2D eigenvalue weighted by Crippen LogP contribution is 2.60. The Labute approximate surface area is 216 Å². The first-order valence-electron chi connectivity index (χ1n) is 12.0. The van der Waals surface area contributed by atoms with Crippen LogP contribution in [0.15, 0.2) is 92.9 Å². The lowest BCUT2D eigenvalue weighted by Gasteiger charge is -2.45. The van der Waals surface area contributed by atoms with Crippen LogP contribution in [-0.4, -0.2) is 23.0 Å². The maximum absolute atomic E-state index is 13.6. The van der Waals surface area contributed by atoms with Gasteiger partial charge in [0.25, 0.3) is 11.8 Å². The molecular formula is C30H21BrN2O3. The van der Waals surface area contributed by atoms with Crippen LogP contribution in [0.1, 0.15) is 45.4 Å². The molecule has 0 saturated carbocycles. The van der Waals surface area contributed by atoms with Crippen LogP contribution in [0.25, 0.3) is 11.3 Å². The average Bonchev–Trinajstić information content (AvgIpc) is 3.47. The van der Waals surface area contributed by atoms with E-state index < -0.39 is 11.8 Å². The van der Waals surface area contributed by atoms with Gasteiger partial charge in [0.15, 0.2) is 0 Å². The monoisotopic (exact) mass is 536 g/mol. The number of halogens is 1. The quantitative estimate of drug-likeness (QED) is 0.230. The van der Waals surface area contributed by atoms with Gasteiger partial charge in [-0.15, -0.1) is 0 Å². The molecule has 176 valence electrons. The predicted molar refractivity (Wildman–Crippen MR) is 140 cm³/mol. The molecule has 0 spiro atoms. The molecule has 0 radical (unpaired) electrons. The fourth-order valence-electron chi connectivity index (χ4n) is 6.21. The molecule has 0 unspecified atom stereocenters. The molecule has 4 aliphatic rings. The van der Waals surface area contributed by atoms with E-state index in [-0.39, 0.29) is 23.7 Å². The summed E-state index contributed by atoms with van der Waals surface area (Å²) in [7, 11) is 0. The van der Waals surface area contributed by atoms with Crippen LogP contribution in [0.4, 0.5) is 0 Å². The lowest BCUT2D eigenvalue weighted by molar-refractivity contribution is -0.139. The van der Waals surface area contributed by atoms with Gasteiger partial charge in [0.05, 0.1) is 18.1 Å². The van der Waals surface area contributed by atoms with Crippen LogP contribution in [-0.2, 0) is 9.59 Å². The molecular weight excluding hydrogens is 516 g/mol. The standard InChI is InChI=1S/C30H21BrN2O3/c1-16-10-11-17(14-23(16)31)24-13-12-18(36-24)15-32-33-29(34)27-25-19-6-2-3-7-20(19)26(28(27)30(33)35)22-9-5-4-8-21(22)25/h2-15,25-28H,1H3/b32-15-/t25?,26?,27-,28-/m0/s1. The number of carbonyl (C=O) groups excluding carboxylic acids is 2. The summed E-state index contributed by atoms with van der Waals surface area (Å²) in [6, 6.07) is 26.1. The molecule has 1 saturated heterocycles.